The molecule has 2 rings (SSSR count). The van der Waals surface area contributed by atoms with E-state index < -0.39 is 15.8 Å². The maximum absolute atomic E-state index is 13.7. The number of thiocarbonyl (C=S) groups is 1. The van der Waals surface area contributed by atoms with Gasteiger partial charge < -0.3 is 5.73 Å². The van der Waals surface area contributed by atoms with Crippen LogP contribution in [0.15, 0.2) is 41.4 Å². The Morgan fingerprint density at radius 3 is 2.71 bits per heavy atom. The molecule has 0 aliphatic carbocycles. The summed E-state index contributed by atoms with van der Waals surface area (Å²) in [5.74, 6) is -0.799. The van der Waals surface area contributed by atoms with Gasteiger partial charge in [-0.15, -0.1) is 0 Å². The predicted octanol–water partition coefficient (Wildman–Crippen LogP) is 2.31. The Morgan fingerprint density at radius 2 is 2.10 bits per heavy atom. The van der Waals surface area contributed by atoms with Crippen molar-refractivity contribution in [1.82, 2.24) is 4.98 Å². The summed E-state index contributed by atoms with van der Waals surface area (Å²) in [6, 6.07) is 6.26. The van der Waals surface area contributed by atoms with Crippen molar-refractivity contribution in [2.24, 2.45) is 5.73 Å². The van der Waals surface area contributed by atoms with Gasteiger partial charge in [0.05, 0.1) is 5.69 Å². The molecule has 9 heteroatoms. The molecule has 0 spiro atoms. The Morgan fingerprint density at radius 1 is 1.38 bits per heavy atom. The van der Waals surface area contributed by atoms with E-state index in [4.69, 9.17) is 29.6 Å². The Hall–Kier alpha value is -1.77. The van der Waals surface area contributed by atoms with Crippen molar-refractivity contribution in [1.29, 1.82) is 0 Å². The molecule has 2 aromatic rings. The molecule has 0 saturated carbocycles. The smallest absolute Gasteiger partial charge is 0.264 e. The van der Waals surface area contributed by atoms with Crippen molar-refractivity contribution in [2.45, 2.75) is 4.90 Å². The summed E-state index contributed by atoms with van der Waals surface area (Å²) in [7, 11) is -4.09. The van der Waals surface area contributed by atoms with Crippen molar-refractivity contribution in [2.75, 3.05) is 4.72 Å². The fourth-order valence-corrected chi connectivity index (χ4v) is 3.19. The van der Waals surface area contributed by atoms with Crippen LogP contribution < -0.4 is 10.5 Å². The molecule has 1 aromatic heterocycles. The fourth-order valence-electron chi connectivity index (χ4n) is 1.56. The molecule has 1 aromatic carbocycles. The largest absolute Gasteiger partial charge is 0.388 e. The second kappa shape index (κ2) is 5.92. The number of sulfonamides is 1. The zero-order valence-electron chi connectivity index (χ0n) is 10.4. The number of benzene rings is 1. The molecule has 0 amide bonds. The number of anilines is 1. The van der Waals surface area contributed by atoms with E-state index in [-0.39, 0.29) is 26.3 Å². The van der Waals surface area contributed by atoms with Crippen LogP contribution in [0.25, 0.3) is 0 Å². The molecule has 21 heavy (non-hydrogen) atoms. The Bertz CT molecular complexity index is 812. The highest BCUT2D eigenvalue weighted by Gasteiger charge is 2.22. The van der Waals surface area contributed by atoms with Crippen molar-refractivity contribution in [3.8, 4) is 0 Å². The highest BCUT2D eigenvalue weighted by Crippen LogP contribution is 2.23. The molecule has 3 N–H and O–H groups in total. The van der Waals surface area contributed by atoms with Gasteiger partial charge in [-0.2, -0.15) is 0 Å². The van der Waals surface area contributed by atoms with E-state index in [0.717, 1.165) is 6.07 Å². The van der Waals surface area contributed by atoms with Crippen molar-refractivity contribution in [3.63, 3.8) is 0 Å². The van der Waals surface area contributed by atoms with E-state index in [1.807, 2.05) is 0 Å². The number of hydrogen-bond donors (Lipinski definition) is 2. The summed E-state index contributed by atoms with van der Waals surface area (Å²) in [6.07, 6.45) is 1.36. The van der Waals surface area contributed by atoms with Crippen LogP contribution >= 0.6 is 23.8 Å². The van der Waals surface area contributed by atoms with Gasteiger partial charge in [-0.05, 0) is 30.3 Å². The number of nitrogens with one attached hydrogen (secondary N) is 1. The van der Waals surface area contributed by atoms with Gasteiger partial charge in [-0.25, -0.2) is 12.8 Å². The fraction of sp³-hybridized carbons (Fsp3) is 0. The normalized spacial score (nSPS) is 11.1. The van der Waals surface area contributed by atoms with Crippen LogP contribution in [0.1, 0.15) is 5.69 Å². The molecular weight excluding hydrogens is 337 g/mol. The Labute approximate surface area is 131 Å². The second-order valence-corrected chi connectivity index (χ2v) is 6.47. The molecule has 0 fully saturated rings. The maximum Gasteiger partial charge on any atom is 0.264 e. The Balaban J connectivity index is 2.46. The standard InChI is InChI=1S/C12H9ClFN3O2S2/c13-7-3-4-9(8(14)6-7)17-21(18,19)10-2-1-5-16-11(10)12(15)20/h1-6,17H,(H2,15,20). The van der Waals surface area contributed by atoms with Gasteiger partial charge in [-0.1, -0.05) is 23.8 Å². The minimum Gasteiger partial charge on any atom is -0.388 e. The van der Waals surface area contributed by atoms with Crippen molar-refractivity contribution >= 4 is 44.5 Å². The third kappa shape index (κ3) is 3.46. The van der Waals surface area contributed by atoms with E-state index in [1.165, 1.54) is 30.5 Å². The molecule has 1 heterocycles. The number of nitrogens with zero attached hydrogens (tertiary/aromatic N) is 1. The molecule has 0 bridgehead atoms. The molecule has 0 aliphatic rings. The lowest BCUT2D eigenvalue weighted by atomic mass is 10.3. The molecule has 0 saturated heterocycles. The zero-order valence-corrected chi connectivity index (χ0v) is 12.8. The average molecular weight is 346 g/mol. The number of nitrogens with two attached hydrogens (primary N) is 1. The van der Waals surface area contributed by atoms with Gasteiger partial charge in [-0.3, -0.25) is 9.71 Å². The number of halogens is 2. The van der Waals surface area contributed by atoms with Crippen LogP contribution in [0.5, 0.6) is 0 Å². The molecule has 0 radical (unpaired) electrons. The minimum atomic E-state index is -4.09. The lowest BCUT2D eigenvalue weighted by Crippen LogP contribution is -2.21. The molecule has 5 nitrogen and oxygen atoms in total. The number of rotatable bonds is 4. The topological polar surface area (TPSA) is 85.1 Å². The van der Waals surface area contributed by atoms with E-state index in [0.29, 0.717) is 0 Å². The van der Waals surface area contributed by atoms with Gasteiger partial charge in [0.15, 0.2) is 0 Å². The minimum absolute atomic E-state index is 0.0608. The zero-order chi connectivity index (χ0) is 15.6. The SMILES string of the molecule is NC(=S)c1ncccc1S(=O)(=O)Nc1ccc(Cl)cc1F. The highest BCUT2D eigenvalue weighted by molar-refractivity contribution is 7.93. The van der Waals surface area contributed by atoms with Gasteiger partial charge in [0, 0.05) is 11.2 Å². The lowest BCUT2D eigenvalue weighted by Gasteiger charge is -2.11. The number of pyridine rings is 1. The first kappa shape index (κ1) is 15.6. The summed E-state index contributed by atoms with van der Waals surface area (Å²) in [6.45, 7) is 0. The van der Waals surface area contributed by atoms with E-state index >= 15 is 0 Å². The summed E-state index contributed by atoms with van der Waals surface area (Å²) < 4.78 is 40.4. The van der Waals surface area contributed by atoms with E-state index in [1.54, 1.807) is 0 Å². The first-order valence-electron chi connectivity index (χ1n) is 5.54. The first-order valence-corrected chi connectivity index (χ1v) is 7.81. The monoisotopic (exact) mass is 345 g/mol. The summed E-state index contributed by atoms with van der Waals surface area (Å²) >= 11 is 10.4. The molecule has 0 aliphatic heterocycles. The quantitative estimate of drug-likeness (QED) is 0.830. The van der Waals surface area contributed by atoms with Crippen LogP contribution in [0.4, 0.5) is 10.1 Å². The molecule has 110 valence electrons. The van der Waals surface area contributed by atoms with E-state index in [9.17, 15) is 12.8 Å². The van der Waals surface area contributed by atoms with Crippen LogP contribution in [0.3, 0.4) is 0 Å². The number of aromatic nitrogens is 1. The predicted molar refractivity (Wildman–Crippen MR) is 82.3 cm³/mol. The second-order valence-electron chi connectivity index (χ2n) is 3.94. The lowest BCUT2D eigenvalue weighted by molar-refractivity contribution is 0.598. The summed E-state index contributed by atoms with van der Waals surface area (Å²) in [4.78, 5) is 3.42. The highest BCUT2D eigenvalue weighted by atomic mass is 35.5. The van der Waals surface area contributed by atoms with Crippen LogP contribution in [0, 0.1) is 5.82 Å². The number of hydrogen-bond acceptors (Lipinski definition) is 4. The third-order valence-electron chi connectivity index (χ3n) is 2.47. The molecule has 0 atom stereocenters. The van der Waals surface area contributed by atoms with Gasteiger partial charge in [0.25, 0.3) is 10.0 Å². The summed E-state index contributed by atoms with van der Waals surface area (Å²) in [5.41, 5.74) is 5.14. The first-order chi connectivity index (χ1) is 9.81. The van der Waals surface area contributed by atoms with Gasteiger partial charge in [0.2, 0.25) is 0 Å². The van der Waals surface area contributed by atoms with Crippen molar-refractivity contribution in [3.05, 3.63) is 53.1 Å². The summed E-state index contributed by atoms with van der Waals surface area (Å²) in [5, 5.41) is 0.153. The van der Waals surface area contributed by atoms with Crippen LogP contribution in [-0.2, 0) is 10.0 Å². The van der Waals surface area contributed by atoms with Crippen molar-refractivity contribution < 1.29 is 12.8 Å². The van der Waals surface area contributed by atoms with Crippen LogP contribution in [0.2, 0.25) is 5.02 Å². The van der Waals surface area contributed by atoms with Gasteiger partial charge >= 0.3 is 0 Å². The molecular formula is C12H9ClFN3O2S2. The Kier molecular flexibility index (Phi) is 4.40. The average Bonchev–Trinajstić information content (AvgIpc) is 2.42. The van der Waals surface area contributed by atoms with Crippen LogP contribution in [-0.4, -0.2) is 18.4 Å². The maximum atomic E-state index is 13.7. The third-order valence-corrected chi connectivity index (χ3v) is 4.29. The molecule has 0 unspecified atom stereocenters. The van der Waals surface area contributed by atoms with Gasteiger partial charge in [0.1, 0.15) is 21.4 Å². The van der Waals surface area contributed by atoms with E-state index in [2.05, 4.69) is 9.71 Å².